The van der Waals surface area contributed by atoms with Crippen LogP contribution in [-0.2, 0) is 0 Å². The SMILES string of the molecule is C(=C\c1ccccc1)/C=N/C1c2ccccc2-c2ccccc21. The quantitative estimate of drug-likeness (QED) is 0.562. The molecule has 3 aromatic carbocycles. The summed E-state index contributed by atoms with van der Waals surface area (Å²) in [5.41, 5.74) is 6.37. The van der Waals surface area contributed by atoms with Gasteiger partial charge < -0.3 is 0 Å². The summed E-state index contributed by atoms with van der Waals surface area (Å²) in [7, 11) is 0. The number of rotatable bonds is 3. The Bertz CT molecular complexity index is 830. The molecule has 23 heavy (non-hydrogen) atoms. The van der Waals surface area contributed by atoms with Crippen LogP contribution in [0.15, 0.2) is 89.9 Å². The molecule has 0 aromatic heterocycles. The highest BCUT2D eigenvalue weighted by atomic mass is 14.8. The Hall–Kier alpha value is -2.93. The Balaban J connectivity index is 1.64. The molecule has 0 atom stereocenters. The molecule has 0 heterocycles. The number of allylic oxidation sites excluding steroid dienone is 1. The predicted octanol–water partition coefficient (Wildman–Crippen LogP) is 5.54. The first-order chi connectivity index (χ1) is 11.4. The Morgan fingerprint density at radius 1 is 0.652 bits per heavy atom. The van der Waals surface area contributed by atoms with E-state index < -0.39 is 0 Å². The molecule has 1 heteroatoms. The standard InChI is InChI=1S/C22H17N/c1-2-9-17(10-3-1)11-8-16-23-22-20-14-6-4-12-18(20)19-13-5-7-15-21(19)22/h1-16,22H/b11-8+,23-16+. The molecule has 0 aliphatic heterocycles. The molecule has 0 saturated heterocycles. The Morgan fingerprint density at radius 3 is 1.87 bits per heavy atom. The Kier molecular flexibility index (Phi) is 3.61. The Labute approximate surface area is 136 Å². The van der Waals surface area contributed by atoms with Gasteiger partial charge in [-0.3, -0.25) is 4.99 Å². The highest BCUT2D eigenvalue weighted by molar-refractivity contribution is 5.82. The number of hydrogen-bond donors (Lipinski definition) is 0. The van der Waals surface area contributed by atoms with Gasteiger partial charge >= 0.3 is 0 Å². The monoisotopic (exact) mass is 295 g/mol. The van der Waals surface area contributed by atoms with Crippen LogP contribution in [0.5, 0.6) is 0 Å². The fraction of sp³-hybridized carbons (Fsp3) is 0.0455. The minimum atomic E-state index is 0.0998. The molecule has 0 unspecified atom stereocenters. The summed E-state index contributed by atoms with van der Waals surface area (Å²) >= 11 is 0. The maximum absolute atomic E-state index is 4.81. The third-order valence-corrected chi connectivity index (χ3v) is 4.21. The maximum Gasteiger partial charge on any atom is 0.101 e. The second-order valence-corrected chi connectivity index (χ2v) is 5.64. The van der Waals surface area contributed by atoms with Crippen molar-refractivity contribution in [1.29, 1.82) is 0 Å². The van der Waals surface area contributed by atoms with Gasteiger partial charge in [-0.15, -0.1) is 0 Å². The van der Waals surface area contributed by atoms with Crippen LogP contribution >= 0.6 is 0 Å². The van der Waals surface area contributed by atoms with E-state index in [-0.39, 0.29) is 6.04 Å². The summed E-state index contributed by atoms with van der Waals surface area (Å²) in [6, 6.07) is 27.5. The molecular formula is C22H17N. The van der Waals surface area contributed by atoms with Crippen molar-refractivity contribution in [2.45, 2.75) is 6.04 Å². The average molecular weight is 295 g/mol. The summed E-state index contributed by atoms with van der Waals surface area (Å²) in [6.45, 7) is 0. The highest BCUT2D eigenvalue weighted by Gasteiger charge is 2.26. The molecule has 4 rings (SSSR count). The van der Waals surface area contributed by atoms with Crippen molar-refractivity contribution in [2.24, 2.45) is 4.99 Å². The first-order valence-electron chi connectivity index (χ1n) is 7.86. The van der Waals surface area contributed by atoms with Crippen molar-refractivity contribution < 1.29 is 0 Å². The van der Waals surface area contributed by atoms with Crippen LogP contribution in [0, 0.1) is 0 Å². The van der Waals surface area contributed by atoms with Gasteiger partial charge in [0, 0.05) is 6.21 Å². The lowest BCUT2D eigenvalue weighted by molar-refractivity contribution is 0.909. The van der Waals surface area contributed by atoms with Gasteiger partial charge in [0.2, 0.25) is 0 Å². The van der Waals surface area contributed by atoms with Crippen LogP contribution in [0.1, 0.15) is 22.7 Å². The fourth-order valence-electron chi connectivity index (χ4n) is 3.14. The van der Waals surface area contributed by atoms with E-state index in [1.54, 1.807) is 0 Å². The number of aliphatic imine (C=N–C) groups is 1. The lowest BCUT2D eigenvalue weighted by atomic mass is 10.1. The molecule has 3 aromatic rings. The van der Waals surface area contributed by atoms with Crippen molar-refractivity contribution in [2.75, 3.05) is 0 Å². The molecule has 1 aliphatic rings. The minimum Gasteiger partial charge on any atom is -0.280 e. The van der Waals surface area contributed by atoms with Crippen LogP contribution in [0.2, 0.25) is 0 Å². The molecule has 0 radical (unpaired) electrons. The summed E-state index contributed by atoms with van der Waals surface area (Å²) in [6.07, 6.45) is 6.01. The summed E-state index contributed by atoms with van der Waals surface area (Å²) < 4.78 is 0. The van der Waals surface area contributed by atoms with Gasteiger partial charge in [-0.25, -0.2) is 0 Å². The van der Waals surface area contributed by atoms with Gasteiger partial charge in [0.1, 0.15) is 6.04 Å². The van der Waals surface area contributed by atoms with E-state index in [0.29, 0.717) is 0 Å². The van der Waals surface area contributed by atoms with E-state index >= 15 is 0 Å². The zero-order chi connectivity index (χ0) is 15.5. The fourth-order valence-corrected chi connectivity index (χ4v) is 3.14. The normalized spacial score (nSPS) is 13.6. The van der Waals surface area contributed by atoms with Crippen LogP contribution < -0.4 is 0 Å². The summed E-state index contributed by atoms with van der Waals surface area (Å²) in [5, 5.41) is 0. The largest absolute Gasteiger partial charge is 0.280 e. The van der Waals surface area contributed by atoms with E-state index in [4.69, 9.17) is 4.99 Å². The molecule has 0 amide bonds. The van der Waals surface area contributed by atoms with E-state index in [1.165, 1.54) is 27.8 Å². The third-order valence-electron chi connectivity index (χ3n) is 4.21. The van der Waals surface area contributed by atoms with Crippen molar-refractivity contribution in [1.82, 2.24) is 0 Å². The first-order valence-corrected chi connectivity index (χ1v) is 7.86. The van der Waals surface area contributed by atoms with Crippen molar-refractivity contribution in [3.8, 4) is 11.1 Å². The molecular weight excluding hydrogens is 278 g/mol. The molecule has 0 N–H and O–H groups in total. The topological polar surface area (TPSA) is 12.4 Å². The number of benzene rings is 3. The van der Waals surface area contributed by atoms with E-state index in [0.717, 1.165) is 0 Å². The molecule has 0 bridgehead atoms. The second-order valence-electron chi connectivity index (χ2n) is 5.64. The molecule has 0 saturated carbocycles. The predicted molar refractivity (Wildman–Crippen MR) is 97.7 cm³/mol. The second kappa shape index (κ2) is 6.05. The van der Waals surface area contributed by atoms with E-state index in [9.17, 15) is 0 Å². The smallest absolute Gasteiger partial charge is 0.101 e. The van der Waals surface area contributed by atoms with Gasteiger partial charge in [-0.1, -0.05) is 84.9 Å². The van der Waals surface area contributed by atoms with Crippen molar-refractivity contribution in [3.63, 3.8) is 0 Å². The average Bonchev–Trinajstić information content (AvgIpc) is 2.94. The van der Waals surface area contributed by atoms with Crippen LogP contribution in [0.25, 0.3) is 17.2 Å². The van der Waals surface area contributed by atoms with E-state index in [1.807, 2.05) is 30.5 Å². The molecule has 1 nitrogen and oxygen atoms in total. The van der Waals surface area contributed by atoms with Gasteiger partial charge in [-0.05, 0) is 33.9 Å². The van der Waals surface area contributed by atoms with Crippen molar-refractivity contribution >= 4 is 12.3 Å². The van der Waals surface area contributed by atoms with Crippen LogP contribution in [-0.4, -0.2) is 6.21 Å². The van der Waals surface area contributed by atoms with Crippen LogP contribution in [0.4, 0.5) is 0 Å². The number of nitrogens with zero attached hydrogens (tertiary/aromatic N) is 1. The number of hydrogen-bond acceptors (Lipinski definition) is 1. The lowest BCUT2D eigenvalue weighted by Crippen LogP contribution is -1.92. The van der Waals surface area contributed by atoms with Crippen molar-refractivity contribution in [3.05, 3.63) is 102 Å². The molecule has 0 spiro atoms. The Morgan fingerprint density at radius 2 is 1.22 bits per heavy atom. The molecule has 1 aliphatic carbocycles. The summed E-state index contributed by atoms with van der Waals surface area (Å²) in [5.74, 6) is 0. The zero-order valence-corrected chi connectivity index (χ0v) is 12.8. The maximum atomic E-state index is 4.81. The third kappa shape index (κ3) is 2.62. The van der Waals surface area contributed by atoms with Gasteiger partial charge in [-0.2, -0.15) is 0 Å². The van der Waals surface area contributed by atoms with Gasteiger partial charge in [0.15, 0.2) is 0 Å². The first kappa shape index (κ1) is 13.7. The molecule has 0 fully saturated rings. The highest BCUT2D eigenvalue weighted by Crippen LogP contribution is 2.44. The van der Waals surface area contributed by atoms with Crippen LogP contribution in [0.3, 0.4) is 0 Å². The minimum absolute atomic E-state index is 0.0998. The van der Waals surface area contributed by atoms with Gasteiger partial charge in [0.25, 0.3) is 0 Å². The lowest BCUT2D eigenvalue weighted by Gasteiger charge is -2.06. The zero-order valence-electron chi connectivity index (χ0n) is 12.8. The van der Waals surface area contributed by atoms with Gasteiger partial charge in [0.05, 0.1) is 0 Å². The summed E-state index contributed by atoms with van der Waals surface area (Å²) in [4.78, 5) is 4.81. The van der Waals surface area contributed by atoms with E-state index in [2.05, 4.69) is 66.7 Å². The number of fused-ring (bicyclic) bond motifs is 3. The molecule has 110 valence electrons.